The zero-order valence-electron chi connectivity index (χ0n) is 8.76. The van der Waals surface area contributed by atoms with E-state index in [1.54, 1.807) is 6.20 Å². The molecule has 0 spiro atoms. The molecule has 1 aliphatic rings. The van der Waals surface area contributed by atoms with Crippen LogP contribution in [0.5, 0.6) is 0 Å². The molecule has 90 valence electrons. The maximum Gasteiger partial charge on any atom is 0.228 e. The standard InChI is InChI=1S/C9H14ClN3O2S/c10-7-16(14,15)13-5-1-2-8(6-13)9-3-4-11-12-9/h3-4,8H,1-2,5-7H2,(H,11,12). The average molecular weight is 264 g/mol. The minimum absolute atomic E-state index is 0.203. The zero-order valence-corrected chi connectivity index (χ0v) is 10.3. The number of alkyl halides is 1. The van der Waals surface area contributed by atoms with E-state index in [4.69, 9.17) is 11.6 Å². The van der Waals surface area contributed by atoms with Crippen LogP contribution < -0.4 is 0 Å². The Bertz CT molecular complexity index is 432. The van der Waals surface area contributed by atoms with Gasteiger partial charge < -0.3 is 0 Å². The summed E-state index contributed by atoms with van der Waals surface area (Å²) in [6.45, 7) is 1.07. The second kappa shape index (κ2) is 4.73. The van der Waals surface area contributed by atoms with Crippen LogP contribution in [0, 0.1) is 0 Å². The summed E-state index contributed by atoms with van der Waals surface area (Å²) in [5, 5.41) is 6.43. The van der Waals surface area contributed by atoms with E-state index in [2.05, 4.69) is 10.2 Å². The summed E-state index contributed by atoms with van der Waals surface area (Å²) in [4.78, 5) is 0. The van der Waals surface area contributed by atoms with Crippen molar-refractivity contribution in [2.45, 2.75) is 18.8 Å². The van der Waals surface area contributed by atoms with Crippen LogP contribution in [0.25, 0.3) is 0 Å². The Morgan fingerprint density at radius 3 is 3.06 bits per heavy atom. The van der Waals surface area contributed by atoms with E-state index >= 15 is 0 Å². The van der Waals surface area contributed by atoms with Crippen LogP contribution in [0.2, 0.25) is 0 Å². The Morgan fingerprint density at radius 1 is 1.62 bits per heavy atom. The fourth-order valence-electron chi connectivity index (χ4n) is 2.01. The number of nitrogens with zero attached hydrogens (tertiary/aromatic N) is 2. The molecule has 0 aliphatic carbocycles. The van der Waals surface area contributed by atoms with Crippen molar-refractivity contribution in [2.24, 2.45) is 0 Å². The van der Waals surface area contributed by atoms with Crippen LogP contribution in [0.3, 0.4) is 0 Å². The van der Waals surface area contributed by atoms with Gasteiger partial charge in [0, 0.05) is 30.9 Å². The van der Waals surface area contributed by atoms with Gasteiger partial charge in [0.1, 0.15) is 5.21 Å². The number of hydrogen-bond acceptors (Lipinski definition) is 3. The van der Waals surface area contributed by atoms with Crippen molar-refractivity contribution in [3.63, 3.8) is 0 Å². The molecule has 0 bridgehead atoms. The molecule has 1 aliphatic heterocycles. The number of sulfonamides is 1. The Morgan fingerprint density at radius 2 is 2.44 bits per heavy atom. The van der Waals surface area contributed by atoms with Crippen molar-refractivity contribution in [2.75, 3.05) is 18.3 Å². The highest BCUT2D eigenvalue weighted by molar-refractivity contribution is 7.90. The maximum atomic E-state index is 11.6. The van der Waals surface area contributed by atoms with Crippen LogP contribution in [0.15, 0.2) is 12.3 Å². The molecular formula is C9H14ClN3O2S. The van der Waals surface area contributed by atoms with E-state index in [1.807, 2.05) is 6.07 Å². The Labute approximate surface area is 99.8 Å². The lowest BCUT2D eigenvalue weighted by Gasteiger charge is -2.30. The van der Waals surface area contributed by atoms with Crippen LogP contribution in [-0.2, 0) is 10.0 Å². The molecule has 2 heterocycles. The van der Waals surface area contributed by atoms with Gasteiger partial charge in [0.25, 0.3) is 0 Å². The minimum Gasteiger partial charge on any atom is -0.282 e. The molecule has 2 rings (SSSR count). The van der Waals surface area contributed by atoms with Gasteiger partial charge in [-0.15, -0.1) is 11.6 Å². The number of halogens is 1. The molecule has 7 heteroatoms. The Balaban J connectivity index is 2.11. The van der Waals surface area contributed by atoms with Crippen LogP contribution in [-0.4, -0.2) is 41.2 Å². The largest absolute Gasteiger partial charge is 0.282 e. The molecule has 1 atom stereocenters. The van der Waals surface area contributed by atoms with E-state index in [1.165, 1.54) is 4.31 Å². The lowest BCUT2D eigenvalue weighted by molar-refractivity contribution is 0.314. The molecule has 0 aromatic carbocycles. The number of nitrogens with one attached hydrogen (secondary N) is 1. The van der Waals surface area contributed by atoms with Gasteiger partial charge in [-0.25, -0.2) is 12.7 Å². The number of aromatic amines is 1. The molecule has 5 nitrogen and oxygen atoms in total. The molecule has 0 radical (unpaired) electrons. The first-order valence-electron chi connectivity index (χ1n) is 5.16. The molecule has 1 saturated heterocycles. The summed E-state index contributed by atoms with van der Waals surface area (Å²) in [5.74, 6) is 0.203. The van der Waals surface area contributed by atoms with Gasteiger partial charge in [0.05, 0.1) is 0 Å². The lowest BCUT2D eigenvalue weighted by atomic mass is 9.96. The lowest BCUT2D eigenvalue weighted by Crippen LogP contribution is -2.39. The summed E-state index contributed by atoms with van der Waals surface area (Å²) < 4.78 is 24.7. The molecule has 1 aromatic rings. The highest BCUT2D eigenvalue weighted by Gasteiger charge is 2.29. The zero-order chi connectivity index (χ0) is 11.6. The van der Waals surface area contributed by atoms with Gasteiger partial charge >= 0.3 is 0 Å². The van der Waals surface area contributed by atoms with Crippen molar-refractivity contribution in [3.05, 3.63) is 18.0 Å². The van der Waals surface area contributed by atoms with Crippen molar-refractivity contribution < 1.29 is 8.42 Å². The molecule has 1 aromatic heterocycles. The summed E-state index contributed by atoms with van der Waals surface area (Å²) in [6, 6.07) is 1.89. The van der Waals surface area contributed by atoms with Gasteiger partial charge in [-0.2, -0.15) is 5.10 Å². The van der Waals surface area contributed by atoms with E-state index in [0.717, 1.165) is 18.5 Å². The smallest absolute Gasteiger partial charge is 0.228 e. The third-order valence-electron chi connectivity index (χ3n) is 2.88. The summed E-state index contributed by atoms with van der Waals surface area (Å²) in [6.07, 6.45) is 3.53. The van der Waals surface area contributed by atoms with Crippen molar-refractivity contribution in [3.8, 4) is 0 Å². The van der Waals surface area contributed by atoms with E-state index < -0.39 is 10.0 Å². The predicted octanol–water partition coefficient (Wildman–Crippen LogP) is 1.12. The monoisotopic (exact) mass is 263 g/mol. The first kappa shape index (κ1) is 11.9. The summed E-state index contributed by atoms with van der Waals surface area (Å²) >= 11 is 5.45. The Hall–Kier alpha value is -0.590. The highest BCUT2D eigenvalue weighted by Crippen LogP contribution is 2.26. The summed E-state index contributed by atoms with van der Waals surface area (Å²) in [5.41, 5.74) is 0.995. The van der Waals surface area contributed by atoms with E-state index in [9.17, 15) is 8.42 Å². The normalized spacial score (nSPS) is 23.4. The Kier molecular flexibility index (Phi) is 3.51. The van der Waals surface area contributed by atoms with Gasteiger partial charge in [0.2, 0.25) is 10.0 Å². The van der Waals surface area contributed by atoms with Crippen molar-refractivity contribution in [1.82, 2.24) is 14.5 Å². The van der Waals surface area contributed by atoms with Gasteiger partial charge in [0.15, 0.2) is 0 Å². The molecule has 1 unspecified atom stereocenters. The van der Waals surface area contributed by atoms with Gasteiger partial charge in [-0.3, -0.25) is 5.10 Å². The number of piperidine rings is 1. The van der Waals surface area contributed by atoms with Gasteiger partial charge in [-0.05, 0) is 18.9 Å². The quantitative estimate of drug-likeness (QED) is 0.831. The third-order valence-corrected chi connectivity index (χ3v) is 5.10. The number of aromatic nitrogens is 2. The second-order valence-electron chi connectivity index (χ2n) is 3.93. The van der Waals surface area contributed by atoms with E-state index in [-0.39, 0.29) is 11.1 Å². The molecule has 1 fully saturated rings. The number of hydrogen-bond donors (Lipinski definition) is 1. The van der Waals surface area contributed by atoms with Gasteiger partial charge in [-0.1, -0.05) is 0 Å². The average Bonchev–Trinajstić information content (AvgIpc) is 2.83. The van der Waals surface area contributed by atoms with Crippen LogP contribution >= 0.6 is 11.6 Å². The maximum absolute atomic E-state index is 11.6. The fourth-order valence-corrected chi connectivity index (χ4v) is 3.38. The third kappa shape index (κ3) is 2.39. The fraction of sp³-hybridized carbons (Fsp3) is 0.667. The highest BCUT2D eigenvalue weighted by atomic mass is 35.5. The predicted molar refractivity (Wildman–Crippen MR) is 61.8 cm³/mol. The topological polar surface area (TPSA) is 66.1 Å². The molecule has 0 amide bonds. The van der Waals surface area contributed by atoms with Crippen LogP contribution in [0.1, 0.15) is 24.5 Å². The summed E-state index contributed by atoms with van der Waals surface area (Å²) in [7, 11) is -3.28. The number of H-pyrrole nitrogens is 1. The first-order valence-corrected chi connectivity index (χ1v) is 7.31. The second-order valence-corrected chi connectivity index (χ2v) is 6.48. The van der Waals surface area contributed by atoms with Crippen molar-refractivity contribution in [1.29, 1.82) is 0 Å². The van der Waals surface area contributed by atoms with Crippen LogP contribution in [0.4, 0.5) is 0 Å². The number of rotatable bonds is 3. The SMILES string of the molecule is O=S(=O)(CCl)N1CCCC(c2ccn[nH]2)C1. The minimum atomic E-state index is -3.28. The van der Waals surface area contributed by atoms with E-state index in [0.29, 0.717) is 13.1 Å². The molecule has 16 heavy (non-hydrogen) atoms. The molecule has 0 saturated carbocycles. The molecule has 1 N–H and O–H groups in total. The van der Waals surface area contributed by atoms with Crippen molar-refractivity contribution >= 4 is 21.6 Å². The molecular weight excluding hydrogens is 250 g/mol. The first-order chi connectivity index (χ1) is 7.63.